The highest BCUT2D eigenvalue weighted by atomic mass is 32.1. The van der Waals surface area contributed by atoms with Crippen molar-refractivity contribution in [3.63, 3.8) is 0 Å². The molecule has 0 radical (unpaired) electrons. The van der Waals surface area contributed by atoms with E-state index < -0.39 is 0 Å². The molecule has 11 rings (SSSR count). The largest absolute Gasteiger partial charge is 0.456 e. The highest BCUT2D eigenvalue weighted by Crippen LogP contribution is 2.43. The molecular formula is C45H26N4OS. The maximum atomic E-state index is 6.62. The van der Waals surface area contributed by atoms with Crippen molar-refractivity contribution in [2.45, 2.75) is 0 Å². The minimum absolute atomic E-state index is 0.599. The third-order valence-electron chi connectivity index (χ3n) is 9.87. The van der Waals surface area contributed by atoms with Crippen LogP contribution >= 0.6 is 11.3 Å². The van der Waals surface area contributed by atoms with Crippen molar-refractivity contribution in [2.24, 2.45) is 0 Å². The van der Waals surface area contributed by atoms with Gasteiger partial charge in [0.15, 0.2) is 17.5 Å². The molecule has 0 fully saturated rings. The number of nitrogens with zero attached hydrogens (tertiary/aromatic N) is 4. The molecule has 0 aliphatic rings. The minimum Gasteiger partial charge on any atom is -0.456 e. The Labute approximate surface area is 295 Å². The average molecular weight is 671 g/mol. The molecule has 5 nitrogen and oxygen atoms in total. The van der Waals surface area contributed by atoms with Gasteiger partial charge in [-0.15, -0.1) is 11.3 Å². The van der Waals surface area contributed by atoms with Crippen LogP contribution < -0.4 is 0 Å². The maximum Gasteiger partial charge on any atom is 0.165 e. The van der Waals surface area contributed by atoms with Crippen molar-refractivity contribution in [3.05, 3.63) is 158 Å². The molecule has 51 heavy (non-hydrogen) atoms. The van der Waals surface area contributed by atoms with Gasteiger partial charge in [-0.25, -0.2) is 15.0 Å². The molecule has 0 amide bonds. The zero-order chi connectivity index (χ0) is 33.5. The van der Waals surface area contributed by atoms with Crippen LogP contribution in [0.4, 0.5) is 0 Å². The molecule has 7 aromatic carbocycles. The van der Waals surface area contributed by atoms with Gasteiger partial charge in [-0.05, 0) is 42.5 Å². The molecule has 0 bridgehead atoms. The second kappa shape index (κ2) is 10.9. The van der Waals surface area contributed by atoms with E-state index in [1.165, 1.54) is 26.2 Å². The van der Waals surface area contributed by atoms with E-state index in [0.717, 1.165) is 60.0 Å². The number of benzene rings is 7. The van der Waals surface area contributed by atoms with Crippen LogP contribution in [0.2, 0.25) is 0 Å². The van der Waals surface area contributed by atoms with Gasteiger partial charge in [-0.3, -0.25) is 0 Å². The van der Waals surface area contributed by atoms with Gasteiger partial charge < -0.3 is 8.98 Å². The molecule has 6 heteroatoms. The summed E-state index contributed by atoms with van der Waals surface area (Å²) in [5.41, 5.74) is 7.74. The Hall–Kier alpha value is -6.63. The summed E-state index contributed by atoms with van der Waals surface area (Å²) in [6.45, 7) is 0. The Balaban J connectivity index is 1.22. The minimum atomic E-state index is 0.599. The number of para-hydroxylation sites is 2. The predicted octanol–water partition coefficient (Wildman–Crippen LogP) is 12.2. The van der Waals surface area contributed by atoms with E-state index >= 15 is 0 Å². The van der Waals surface area contributed by atoms with E-state index in [9.17, 15) is 0 Å². The first-order chi connectivity index (χ1) is 25.3. The number of aromatic nitrogens is 4. The van der Waals surface area contributed by atoms with Crippen LogP contribution in [0, 0.1) is 0 Å². The predicted molar refractivity (Wildman–Crippen MR) is 211 cm³/mol. The van der Waals surface area contributed by atoms with Gasteiger partial charge in [-0.2, -0.15) is 0 Å². The van der Waals surface area contributed by atoms with E-state index in [0.29, 0.717) is 17.5 Å². The van der Waals surface area contributed by atoms with Crippen LogP contribution in [-0.2, 0) is 0 Å². The van der Waals surface area contributed by atoms with Crippen LogP contribution in [0.15, 0.2) is 162 Å². The third kappa shape index (κ3) is 4.24. The fourth-order valence-corrected chi connectivity index (χ4v) is 8.87. The van der Waals surface area contributed by atoms with Gasteiger partial charge in [0.1, 0.15) is 11.2 Å². The first kappa shape index (κ1) is 28.2. The Morgan fingerprint density at radius 3 is 1.78 bits per heavy atom. The second-order valence-electron chi connectivity index (χ2n) is 12.8. The molecule has 0 saturated heterocycles. The highest BCUT2D eigenvalue weighted by molar-refractivity contribution is 7.26. The number of rotatable bonds is 4. The van der Waals surface area contributed by atoms with E-state index in [1.807, 2.05) is 36.4 Å². The second-order valence-corrected chi connectivity index (χ2v) is 13.8. The van der Waals surface area contributed by atoms with Crippen molar-refractivity contribution in [1.82, 2.24) is 19.5 Å². The summed E-state index contributed by atoms with van der Waals surface area (Å²) in [6.07, 6.45) is 0. The number of hydrogen-bond acceptors (Lipinski definition) is 5. The summed E-state index contributed by atoms with van der Waals surface area (Å²) in [4.78, 5) is 15.6. The lowest BCUT2D eigenvalue weighted by atomic mass is 10.0. The lowest BCUT2D eigenvalue weighted by Gasteiger charge is -2.12. The molecule has 238 valence electrons. The molecule has 4 heterocycles. The zero-order valence-electron chi connectivity index (χ0n) is 27.1. The fourth-order valence-electron chi connectivity index (χ4n) is 7.66. The molecule has 0 spiro atoms. The van der Waals surface area contributed by atoms with Gasteiger partial charge in [-0.1, -0.05) is 115 Å². The van der Waals surface area contributed by atoms with E-state index in [2.05, 4.69) is 126 Å². The van der Waals surface area contributed by atoms with Crippen LogP contribution in [-0.4, -0.2) is 19.5 Å². The van der Waals surface area contributed by atoms with Crippen LogP contribution in [0.25, 0.3) is 104 Å². The van der Waals surface area contributed by atoms with Gasteiger partial charge in [0, 0.05) is 53.0 Å². The van der Waals surface area contributed by atoms with Gasteiger partial charge >= 0.3 is 0 Å². The molecule has 0 N–H and O–H groups in total. The standard InChI is InChI=1S/C45H26N4OS/c1-2-13-27(14-3-1)43-46-44(48-45(47-43)33-20-10-18-31-30-17-6-9-26-39(30)51-42(31)33)32-19-11-24-37-40(32)41-36(23-12-25-38(41)50-37)49-34-21-7-4-15-28(34)29-16-5-8-22-35(29)49/h1-26H. The highest BCUT2D eigenvalue weighted by Gasteiger charge is 2.22. The Morgan fingerprint density at radius 2 is 1.00 bits per heavy atom. The zero-order valence-corrected chi connectivity index (χ0v) is 27.9. The Bertz CT molecular complexity index is 3100. The molecule has 4 aromatic heterocycles. The SMILES string of the molecule is c1ccc(-c2nc(-c3cccc4c3sc3ccccc34)nc(-c3cccc4oc5cccc(-n6c7ccccc7c7ccccc76)c5c34)n2)cc1. The number of furan rings is 1. The van der Waals surface area contributed by atoms with Gasteiger partial charge in [0.05, 0.1) is 22.1 Å². The summed E-state index contributed by atoms with van der Waals surface area (Å²) >= 11 is 1.78. The van der Waals surface area contributed by atoms with Crippen molar-refractivity contribution in [2.75, 3.05) is 0 Å². The molecular weight excluding hydrogens is 645 g/mol. The molecule has 0 aliphatic heterocycles. The lowest BCUT2D eigenvalue weighted by Crippen LogP contribution is -2.01. The summed E-state index contributed by atoms with van der Waals surface area (Å²) in [5, 5.41) is 6.86. The molecule has 0 unspecified atom stereocenters. The summed E-state index contributed by atoms with van der Waals surface area (Å²) in [6, 6.07) is 54.8. The van der Waals surface area contributed by atoms with Crippen molar-refractivity contribution in [1.29, 1.82) is 0 Å². The lowest BCUT2D eigenvalue weighted by molar-refractivity contribution is 0.669. The Kier molecular flexibility index (Phi) is 6.05. The topological polar surface area (TPSA) is 56.7 Å². The third-order valence-corrected chi connectivity index (χ3v) is 11.1. The van der Waals surface area contributed by atoms with Crippen molar-refractivity contribution in [3.8, 4) is 39.9 Å². The van der Waals surface area contributed by atoms with Crippen LogP contribution in [0.5, 0.6) is 0 Å². The Morgan fingerprint density at radius 1 is 0.431 bits per heavy atom. The number of hydrogen-bond donors (Lipinski definition) is 0. The smallest absolute Gasteiger partial charge is 0.165 e. The summed E-state index contributed by atoms with van der Waals surface area (Å²) in [5.74, 6) is 1.87. The summed E-state index contributed by atoms with van der Waals surface area (Å²) in [7, 11) is 0. The van der Waals surface area contributed by atoms with E-state index in [-0.39, 0.29) is 0 Å². The van der Waals surface area contributed by atoms with Gasteiger partial charge in [0.25, 0.3) is 0 Å². The molecule has 0 saturated carbocycles. The van der Waals surface area contributed by atoms with Crippen molar-refractivity contribution < 1.29 is 4.42 Å². The molecule has 0 atom stereocenters. The van der Waals surface area contributed by atoms with E-state index in [4.69, 9.17) is 19.4 Å². The first-order valence-corrected chi connectivity index (χ1v) is 17.8. The van der Waals surface area contributed by atoms with Crippen molar-refractivity contribution >= 4 is 75.3 Å². The fraction of sp³-hybridized carbons (Fsp3) is 0. The average Bonchev–Trinajstić information content (AvgIpc) is 3.88. The normalized spacial score (nSPS) is 11.9. The van der Waals surface area contributed by atoms with Crippen LogP contribution in [0.3, 0.4) is 0 Å². The number of fused-ring (bicyclic) bond motifs is 9. The maximum absolute atomic E-state index is 6.62. The first-order valence-electron chi connectivity index (χ1n) is 17.0. The molecule has 11 aromatic rings. The molecule has 0 aliphatic carbocycles. The number of thiophene rings is 1. The monoisotopic (exact) mass is 670 g/mol. The van der Waals surface area contributed by atoms with E-state index in [1.54, 1.807) is 11.3 Å². The quantitative estimate of drug-likeness (QED) is 0.187. The summed E-state index contributed by atoms with van der Waals surface area (Å²) < 4.78 is 11.4. The van der Waals surface area contributed by atoms with Crippen LogP contribution in [0.1, 0.15) is 0 Å². The van der Waals surface area contributed by atoms with Gasteiger partial charge in [0.2, 0.25) is 0 Å².